The van der Waals surface area contributed by atoms with E-state index in [1.165, 1.54) is 16.9 Å². The van der Waals surface area contributed by atoms with Crippen molar-refractivity contribution in [2.75, 3.05) is 32.7 Å². The largest absolute Gasteiger partial charge is 0.339 e. The SMILES string of the molecule is O=C([C@@H]1C[C@H](n2nnc(-c3ccc(F)cc3F)n2)CN1Cc1ccccc1)N1CCNCC1. The number of hydrogen-bond donors (Lipinski definition) is 1. The molecule has 33 heavy (non-hydrogen) atoms. The van der Waals surface area contributed by atoms with Gasteiger partial charge >= 0.3 is 0 Å². The molecule has 0 unspecified atom stereocenters. The normalized spacial score (nSPS) is 21.5. The summed E-state index contributed by atoms with van der Waals surface area (Å²) in [6, 6.07) is 12.8. The van der Waals surface area contributed by atoms with E-state index in [4.69, 9.17) is 0 Å². The molecule has 3 heterocycles. The highest BCUT2D eigenvalue weighted by atomic mass is 19.1. The van der Waals surface area contributed by atoms with Crippen LogP contribution in [0.2, 0.25) is 0 Å². The van der Waals surface area contributed by atoms with Gasteiger partial charge in [-0.1, -0.05) is 30.3 Å². The molecule has 1 amide bonds. The van der Waals surface area contributed by atoms with E-state index in [1.54, 1.807) is 0 Å². The number of hydrogen-bond acceptors (Lipinski definition) is 6. The van der Waals surface area contributed by atoms with Gasteiger partial charge in [-0.3, -0.25) is 9.69 Å². The minimum absolute atomic E-state index is 0.0928. The van der Waals surface area contributed by atoms with Crippen LogP contribution < -0.4 is 5.32 Å². The van der Waals surface area contributed by atoms with E-state index in [2.05, 4.69) is 25.6 Å². The standard InChI is InChI=1S/C23H25F2N7O/c24-17-6-7-19(20(25)12-17)22-27-29-32(28-22)18-13-21(23(33)30-10-8-26-9-11-30)31(15-18)14-16-4-2-1-3-5-16/h1-7,12,18,21,26H,8-11,13-15H2/t18-,21-/m0/s1. The van der Waals surface area contributed by atoms with E-state index >= 15 is 0 Å². The Kier molecular flexibility index (Phi) is 6.10. The third kappa shape index (κ3) is 4.62. The van der Waals surface area contributed by atoms with Crippen molar-refractivity contribution in [3.63, 3.8) is 0 Å². The Morgan fingerprint density at radius 2 is 1.88 bits per heavy atom. The fraction of sp³-hybridized carbons (Fsp3) is 0.391. The van der Waals surface area contributed by atoms with Gasteiger partial charge in [-0.2, -0.15) is 4.80 Å². The molecule has 3 aromatic rings. The summed E-state index contributed by atoms with van der Waals surface area (Å²) in [6.07, 6.45) is 0.539. The second-order valence-electron chi connectivity index (χ2n) is 8.45. The third-order valence-corrected chi connectivity index (χ3v) is 6.25. The summed E-state index contributed by atoms with van der Waals surface area (Å²) in [5.74, 6) is -1.19. The van der Waals surface area contributed by atoms with Crippen LogP contribution in [0.3, 0.4) is 0 Å². The average molecular weight is 453 g/mol. The number of benzene rings is 2. The van der Waals surface area contributed by atoms with Crippen molar-refractivity contribution in [3.8, 4) is 11.4 Å². The zero-order valence-electron chi connectivity index (χ0n) is 18.1. The number of nitrogens with one attached hydrogen (secondary N) is 1. The van der Waals surface area contributed by atoms with Gasteiger partial charge in [-0.25, -0.2) is 8.78 Å². The topological polar surface area (TPSA) is 79.2 Å². The van der Waals surface area contributed by atoms with Crippen LogP contribution in [0.25, 0.3) is 11.4 Å². The fourth-order valence-corrected chi connectivity index (χ4v) is 4.55. The van der Waals surface area contributed by atoms with Crippen molar-refractivity contribution in [2.45, 2.75) is 25.0 Å². The Balaban J connectivity index is 1.38. The smallest absolute Gasteiger partial charge is 0.240 e. The Morgan fingerprint density at radius 3 is 2.64 bits per heavy atom. The van der Waals surface area contributed by atoms with Crippen LogP contribution in [0.5, 0.6) is 0 Å². The number of piperazine rings is 1. The highest BCUT2D eigenvalue weighted by Gasteiger charge is 2.40. The Morgan fingerprint density at radius 1 is 1.09 bits per heavy atom. The molecule has 172 valence electrons. The molecule has 2 fully saturated rings. The van der Waals surface area contributed by atoms with Gasteiger partial charge in [-0.15, -0.1) is 10.2 Å². The molecule has 5 rings (SSSR count). The Bertz CT molecular complexity index is 1120. The number of carbonyl (C=O) groups is 1. The lowest BCUT2D eigenvalue weighted by Crippen LogP contribution is -2.52. The number of aromatic nitrogens is 4. The lowest BCUT2D eigenvalue weighted by molar-refractivity contribution is -0.136. The van der Waals surface area contributed by atoms with Gasteiger partial charge in [0.15, 0.2) is 0 Å². The molecule has 0 spiro atoms. The maximum Gasteiger partial charge on any atom is 0.240 e. The second-order valence-corrected chi connectivity index (χ2v) is 8.45. The van der Waals surface area contributed by atoms with E-state index in [9.17, 15) is 13.6 Å². The molecule has 1 N–H and O–H groups in total. The molecule has 0 aliphatic carbocycles. The lowest BCUT2D eigenvalue weighted by atomic mass is 10.1. The quantitative estimate of drug-likeness (QED) is 0.636. The minimum Gasteiger partial charge on any atom is -0.339 e. The van der Waals surface area contributed by atoms with Gasteiger partial charge in [0, 0.05) is 45.3 Å². The highest BCUT2D eigenvalue weighted by Crippen LogP contribution is 2.30. The van der Waals surface area contributed by atoms with Gasteiger partial charge in [0.25, 0.3) is 0 Å². The van der Waals surface area contributed by atoms with Crippen molar-refractivity contribution in [1.82, 2.24) is 35.3 Å². The molecular weight excluding hydrogens is 428 g/mol. The summed E-state index contributed by atoms with van der Waals surface area (Å²) in [6.45, 7) is 4.16. The molecule has 2 saturated heterocycles. The van der Waals surface area contributed by atoms with E-state index in [1.807, 2.05) is 35.2 Å². The molecule has 2 aliphatic heterocycles. The Hall–Kier alpha value is -3.24. The third-order valence-electron chi connectivity index (χ3n) is 6.25. The van der Waals surface area contributed by atoms with Crippen LogP contribution in [0, 0.1) is 11.6 Å². The van der Waals surface area contributed by atoms with Crippen molar-refractivity contribution in [2.24, 2.45) is 0 Å². The zero-order chi connectivity index (χ0) is 22.8. The zero-order valence-corrected chi connectivity index (χ0v) is 18.1. The van der Waals surface area contributed by atoms with E-state index in [0.717, 1.165) is 24.7 Å². The molecular formula is C23H25F2N7O. The maximum absolute atomic E-state index is 14.2. The van der Waals surface area contributed by atoms with Gasteiger partial charge in [0.2, 0.25) is 11.7 Å². The van der Waals surface area contributed by atoms with Crippen LogP contribution in [0.1, 0.15) is 18.0 Å². The minimum atomic E-state index is -0.738. The van der Waals surface area contributed by atoms with Crippen molar-refractivity contribution in [3.05, 3.63) is 65.7 Å². The van der Waals surface area contributed by atoms with Gasteiger partial charge in [0.05, 0.1) is 17.6 Å². The average Bonchev–Trinajstić information content (AvgIpc) is 3.47. The summed E-state index contributed by atoms with van der Waals surface area (Å²) < 4.78 is 27.4. The summed E-state index contributed by atoms with van der Waals surface area (Å²) in [5.41, 5.74) is 1.21. The first-order valence-corrected chi connectivity index (χ1v) is 11.1. The molecule has 0 saturated carbocycles. The van der Waals surface area contributed by atoms with E-state index in [-0.39, 0.29) is 29.4 Å². The molecule has 2 aromatic carbocycles. The lowest BCUT2D eigenvalue weighted by Gasteiger charge is -2.32. The molecule has 1 aromatic heterocycles. The van der Waals surface area contributed by atoms with E-state index in [0.29, 0.717) is 32.6 Å². The van der Waals surface area contributed by atoms with Crippen molar-refractivity contribution < 1.29 is 13.6 Å². The predicted octanol–water partition coefficient (Wildman–Crippen LogP) is 1.87. The number of amides is 1. The maximum atomic E-state index is 14.2. The van der Waals surface area contributed by atoms with Gasteiger partial charge in [-0.05, 0) is 29.3 Å². The predicted molar refractivity (Wildman–Crippen MR) is 117 cm³/mol. The van der Waals surface area contributed by atoms with E-state index < -0.39 is 11.6 Å². The summed E-state index contributed by atoms with van der Waals surface area (Å²) in [4.78, 5) is 18.9. The fourth-order valence-electron chi connectivity index (χ4n) is 4.55. The monoisotopic (exact) mass is 453 g/mol. The Labute approximate surface area is 190 Å². The van der Waals surface area contributed by atoms with Crippen molar-refractivity contribution >= 4 is 5.91 Å². The molecule has 0 radical (unpaired) electrons. The summed E-state index contributed by atoms with van der Waals surface area (Å²) in [5, 5.41) is 15.8. The van der Waals surface area contributed by atoms with Gasteiger partial charge in [0.1, 0.15) is 11.6 Å². The molecule has 10 heteroatoms. The number of likely N-dealkylation sites (tertiary alicyclic amines) is 1. The first-order valence-electron chi connectivity index (χ1n) is 11.1. The van der Waals surface area contributed by atoms with Crippen LogP contribution in [0.4, 0.5) is 8.78 Å². The molecule has 2 atom stereocenters. The number of rotatable bonds is 5. The van der Waals surface area contributed by atoms with Crippen LogP contribution >= 0.6 is 0 Å². The first-order chi connectivity index (χ1) is 16.1. The summed E-state index contributed by atoms with van der Waals surface area (Å²) in [7, 11) is 0. The van der Waals surface area contributed by atoms with Crippen LogP contribution in [0.15, 0.2) is 48.5 Å². The molecule has 0 bridgehead atoms. The summed E-state index contributed by atoms with van der Waals surface area (Å²) >= 11 is 0. The second kappa shape index (κ2) is 9.32. The molecule has 8 nitrogen and oxygen atoms in total. The number of halogens is 2. The van der Waals surface area contributed by atoms with Gasteiger partial charge < -0.3 is 10.2 Å². The van der Waals surface area contributed by atoms with Crippen molar-refractivity contribution in [1.29, 1.82) is 0 Å². The number of carbonyl (C=O) groups excluding carboxylic acids is 1. The first kappa shape index (κ1) is 21.6. The van der Waals surface area contributed by atoms with Crippen LogP contribution in [-0.4, -0.2) is 74.7 Å². The number of nitrogens with zero attached hydrogens (tertiary/aromatic N) is 6. The molecule has 2 aliphatic rings. The van der Waals surface area contributed by atoms with Crippen LogP contribution in [-0.2, 0) is 11.3 Å². The highest BCUT2D eigenvalue weighted by molar-refractivity contribution is 5.82. The number of tetrazole rings is 1.